The van der Waals surface area contributed by atoms with Crippen molar-refractivity contribution >= 4 is 46.8 Å². The fourth-order valence-electron chi connectivity index (χ4n) is 19.4. The third-order valence-corrected chi connectivity index (χ3v) is 26.1. The Bertz CT molecular complexity index is 5080. The van der Waals surface area contributed by atoms with Crippen molar-refractivity contribution in [1.82, 2.24) is 30.2 Å². The normalized spacial score (nSPS) is 24.4. The molecule has 20 nitrogen and oxygen atoms in total. The summed E-state index contributed by atoms with van der Waals surface area (Å²) in [6, 6.07) is 72.9. The number of hydrogen-bond donors (Lipinski definition) is 3. The van der Waals surface area contributed by atoms with Crippen molar-refractivity contribution < 1.29 is 57.6 Å². The standard InChI is InChI=1S/C52H54N4O6.C45H48N4O6/c57-49-22-21-48(51(58)53-49)56-33-39-29-40(14-19-47(39)52(56)59)55-25-23-54(24-26-55)27-28-60-43-31-44(32-43)62-41-15-11-37(12-16-41)50-45(36-9-5-2-6-10-36)18-13-38-30-42(17-20-46(38)50)61-34-35-7-3-1-4-8-35;50-34-10-15-39-31(25-34)8-13-38(29-4-2-1-3-5-29)43(39)30-6-11-35(12-7-30)55-37-26-36(27-37)54-23-22-47-18-20-48(21-19-47)33-9-14-40-32(24-33)28-49(45(40)53)41-16-17-42(51)46-44(41)52/h1-12,14-17,19-20,29-30,43-45,48,50H,13,18,21-28,31-34H2,(H,53,57,58);1-7,9-12,14-15,24-25,36-38,41,43,50H,8,13,16-23,26-28H2,(H,46,51,52)/t43?,44?,45-,48?,50+;36?,37?,38-,41?,43+/m11/s1. The third-order valence-electron chi connectivity index (χ3n) is 26.1. The van der Waals surface area contributed by atoms with Crippen LogP contribution in [0.3, 0.4) is 0 Å². The van der Waals surface area contributed by atoms with Gasteiger partial charge in [0.1, 0.15) is 53.9 Å². The molecule has 9 aromatic carbocycles. The summed E-state index contributed by atoms with van der Waals surface area (Å²) < 4.78 is 31.6. The number of ether oxygens (including phenoxy) is 5. The highest BCUT2D eigenvalue weighted by atomic mass is 16.5. The summed E-state index contributed by atoms with van der Waals surface area (Å²) in [4.78, 5) is 87.2. The number of nitrogens with zero attached hydrogens (tertiary/aromatic N) is 6. The van der Waals surface area contributed by atoms with Crippen LogP contribution in [0.5, 0.6) is 23.0 Å². The lowest BCUT2D eigenvalue weighted by Gasteiger charge is -2.38. The summed E-state index contributed by atoms with van der Waals surface area (Å²) in [5, 5.41) is 14.9. The van der Waals surface area contributed by atoms with Crippen LogP contribution in [0.4, 0.5) is 11.4 Å². The van der Waals surface area contributed by atoms with Crippen molar-refractivity contribution in [2.24, 2.45) is 0 Å². The fourth-order valence-corrected chi connectivity index (χ4v) is 19.4. The van der Waals surface area contributed by atoms with Crippen LogP contribution in [0.25, 0.3) is 0 Å². The van der Waals surface area contributed by atoms with E-state index >= 15 is 0 Å². The lowest BCUT2D eigenvalue weighted by Crippen LogP contribution is -2.52. The van der Waals surface area contributed by atoms with Crippen molar-refractivity contribution in [2.75, 3.05) is 88.5 Å². The maximum absolute atomic E-state index is 13.1. The van der Waals surface area contributed by atoms with Crippen LogP contribution in [-0.2, 0) is 61.2 Å². The lowest BCUT2D eigenvalue weighted by molar-refractivity contribution is -0.138. The van der Waals surface area contributed by atoms with Gasteiger partial charge in [-0.1, -0.05) is 127 Å². The number of hydrogen-bond acceptors (Lipinski definition) is 16. The number of phenolic OH excluding ortho intramolecular Hbond substituents is 1. The summed E-state index contributed by atoms with van der Waals surface area (Å²) in [6.45, 7) is 11.9. The highest BCUT2D eigenvalue weighted by Gasteiger charge is 2.43. The molecule has 19 rings (SSSR count). The minimum absolute atomic E-state index is 0.135. The van der Waals surface area contributed by atoms with Gasteiger partial charge in [0.15, 0.2) is 0 Å². The van der Waals surface area contributed by atoms with Crippen LogP contribution >= 0.6 is 0 Å². The molecule has 602 valence electrons. The number of aromatic hydroxyl groups is 1. The molecule has 10 aliphatic rings. The minimum Gasteiger partial charge on any atom is -0.508 e. The molecule has 9 aromatic rings. The molecule has 6 amide bonds. The first-order valence-corrected chi connectivity index (χ1v) is 42.3. The zero-order valence-corrected chi connectivity index (χ0v) is 66.2. The Hall–Kier alpha value is -11.2. The summed E-state index contributed by atoms with van der Waals surface area (Å²) >= 11 is 0. The van der Waals surface area contributed by atoms with Gasteiger partial charge in [-0.25, -0.2) is 0 Å². The van der Waals surface area contributed by atoms with Gasteiger partial charge in [-0.05, 0) is 196 Å². The number of carbonyl (C=O) groups excluding carboxylic acids is 6. The number of nitrogens with one attached hydrogen (secondary N) is 2. The van der Waals surface area contributed by atoms with E-state index in [1.54, 1.807) is 9.80 Å². The molecule has 0 aromatic heterocycles. The van der Waals surface area contributed by atoms with Gasteiger partial charge in [-0.15, -0.1) is 0 Å². The second-order valence-corrected chi connectivity index (χ2v) is 33.3. The smallest absolute Gasteiger partial charge is 0.255 e. The largest absolute Gasteiger partial charge is 0.508 e. The molecule has 3 N–H and O–H groups in total. The van der Waals surface area contributed by atoms with Crippen molar-refractivity contribution in [2.45, 2.75) is 157 Å². The van der Waals surface area contributed by atoms with Crippen molar-refractivity contribution in [3.05, 3.63) is 285 Å². The first-order chi connectivity index (χ1) is 57.3. The Labute approximate surface area is 684 Å². The Kier molecular flexibility index (Phi) is 22.8. The molecule has 2 saturated carbocycles. The maximum Gasteiger partial charge on any atom is 0.255 e. The Morgan fingerprint density at radius 2 is 0.812 bits per heavy atom. The second-order valence-electron chi connectivity index (χ2n) is 33.3. The molecule has 6 atom stereocenters. The summed E-state index contributed by atoms with van der Waals surface area (Å²) in [5.74, 6) is 2.70. The highest BCUT2D eigenvalue weighted by molar-refractivity contribution is 6.06. The Balaban J connectivity index is 0.000000163. The first-order valence-electron chi connectivity index (χ1n) is 42.3. The number of piperidine rings is 2. The average molecular weight is 1570 g/mol. The van der Waals surface area contributed by atoms with E-state index < -0.39 is 12.1 Å². The number of carbonyl (C=O) groups is 6. The summed E-state index contributed by atoms with van der Waals surface area (Å²) in [6.07, 6.45) is 9.71. The summed E-state index contributed by atoms with van der Waals surface area (Å²) in [5.41, 5.74) is 17.1. The van der Waals surface area contributed by atoms with E-state index in [1.807, 2.05) is 42.5 Å². The van der Waals surface area contributed by atoms with E-state index in [-0.39, 0.29) is 84.5 Å². The van der Waals surface area contributed by atoms with Gasteiger partial charge >= 0.3 is 0 Å². The van der Waals surface area contributed by atoms with Gasteiger partial charge in [0, 0.05) is 151 Å². The highest BCUT2D eigenvalue weighted by Crippen LogP contribution is 2.50. The Morgan fingerprint density at radius 3 is 1.26 bits per heavy atom. The predicted octanol–water partition coefficient (Wildman–Crippen LogP) is 13.4. The lowest BCUT2D eigenvalue weighted by atomic mass is 9.69. The van der Waals surface area contributed by atoms with Gasteiger partial charge in [0.2, 0.25) is 23.6 Å². The molecule has 4 aliphatic carbocycles. The van der Waals surface area contributed by atoms with Crippen LogP contribution in [0.2, 0.25) is 0 Å². The minimum atomic E-state index is -0.597. The van der Waals surface area contributed by atoms with Crippen LogP contribution in [0.1, 0.15) is 170 Å². The number of aryl methyl sites for hydroxylation is 2. The van der Waals surface area contributed by atoms with Gasteiger partial charge in [0.25, 0.3) is 11.8 Å². The average Bonchev–Trinajstić information content (AvgIpc) is 1.61. The zero-order chi connectivity index (χ0) is 79.5. The number of benzene rings is 9. The molecule has 0 radical (unpaired) electrons. The van der Waals surface area contributed by atoms with Crippen molar-refractivity contribution in [3.8, 4) is 23.0 Å². The Morgan fingerprint density at radius 1 is 0.385 bits per heavy atom. The molecule has 6 fully saturated rings. The molecule has 117 heavy (non-hydrogen) atoms. The van der Waals surface area contributed by atoms with Crippen LogP contribution < -0.4 is 34.6 Å². The number of anilines is 2. The van der Waals surface area contributed by atoms with Gasteiger partial charge < -0.3 is 48.4 Å². The van der Waals surface area contributed by atoms with Gasteiger partial charge in [-0.2, -0.15) is 0 Å². The summed E-state index contributed by atoms with van der Waals surface area (Å²) in [7, 11) is 0. The first kappa shape index (κ1) is 77.1. The van der Waals surface area contributed by atoms with E-state index in [1.165, 1.54) is 50.1 Å². The van der Waals surface area contributed by atoms with Crippen LogP contribution in [-0.4, -0.2) is 175 Å². The van der Waals surface area contributed by atoms with Crippen LogP contribution in [0.15, 0.2) is 212 Å². The van der Waals surface area contributed by atoms with Crippen molar-refractivity contribution in [3.63, 3.8) is 0 Å². The molecule has 20 heteroatoms. The van der Waals surface area contributed by atoms with Crippen molar-refractivity contribution in [1.29, 1.82) is 0 Å². The topological polar surface area (TPSA) is 212 Å². The molecule has 0 spiro atoms. The van der Waals surface area contributed by atoms with E-state index in [9.17, 15) is 33.9 Å². The SMILES string of the molecule is O=C1CCC(N2Cc3cc(N4CCN(CCOC5CC(Oc6ccc([C@@H]7c8ccc(O)cc8CC[C@@H]7c7ccccc7)cc6)C5)CC4)ccc3C2=O)C(=O)N1.O=C1CCC(N2Cc3cc(N4CCN(CCOC5CC(Oc6ccc([C@@H]7c8ccc(OCc9ccccc9)cc8CC[C@@H]7c7ccccc7)cc6)C5)CC4)ccc3C2=O)C(=O)N1. The monoisotopic (exact) mass is 1570 g/mol. The zero-order valence-electron chi connectivity index (χ0n) is 66.2. The number of fused-ring (bicyclic) bond motifs is 4. The molecule has 6 heterocycles. The van der Waals surface area contributed by atoms with Gasteiger partial charge in [0.05, 0.1) is 25.4 Å². The van der Waals surface area contributed by atoms with E-state index in [0.717, 1.165) is 157 Å². The van der Waals surface area contributed by atoms with E-state index in [2.05, 4.69) is 200 Å². The quantitative estimate of drug-likeness (QED) is 0.0508. The van der Waals surface area contributed by atoms with Gasteiger partial charge in [-0.3, -0.25) is 49.2 Å². The number of amides is 6. The molecule has 2 unspecified atom stereocenters. The maximum atomic E-state index is 13.1. The molecule has 0 bridgehead atoms. The predicted molar refractivity (Wildman–Crippen MR) is 446 cm³/mol. The van der Waals surface area contributed by atoms with E-state index in [0.29, 0.717) is 74.5 Å². The number of imide groups is 2. The second kappa shape index (κ2) is 34.6. The third kappa shape index (κ3) is 17.2. The molecular formula is C97H102N8O12. The number of rotatable bonds is 23. The molecular weight excluding hydrogens is 1470 g/mol. The fraction of sp³-hybridized carbons (Fsp3) is 0.381. The van der Waals surface area contributed by atoms with E-state index in [4.69, 9.17) is 23.7 Å². The number of piperazine rings is 2. The number of phenols is 1. The van der Waals surface area contributed by atoms with Crippen LogP contribution in [0, 0.1) is 0 Å². The molecule has 4 saturated heterocycles. The molecule has 6 aliphatic heterocycles.